The van der Waals surface area contributed by atoms with E-state index in [1.54, 1.807) is 23.9 Å². The fourth-order valence-corrected chi connectivity index (χ4v) is 3.51. The Labute approximate surface area is 166 Å². The molecule has 0 saturated heterocycles. The lowest BCUT2D eigenvalue weighted by Crippen LogP contribution is -2.22. The summed E-state index contributed by atoms with van der Waals surface area (Å²) in [4.78, 5) is 15.9. The molecule has 0 aliphatic carbocycles. The second-order valence-electron chi connectivity index (χ2n) is 6.11. The molecule has 0 spiro atoms. The molecular weight excluding hydrogens is 404 g/mol. The first-order valence-electron chi connectivity index (χ1n) is 8.24. The van der Waals surface area contributed by atoms with Gasteiger partial charge in [0.2, 0.25) is 5.90 Å². The Hall–Kier alpha value is -2.43. The van der Waals surface area contributed by atoms with Crippen molar-refractivity contribution in [3.63, 3.8) is 0 Å². The van der Waals surface area contributed by atoms with Crippen LogP contribution >= 0.6 is 11.8 Å². The third-order valence-electron chi connectivity index (χ3n) is 4.09. The van der Waals surface area contributed by atoms with E-state index in [4.69, 9.17) is 8.92 Å². The molecule has 3 rings (SSSR count). The van der Waals surface area contributed by atoms with Gasteiger partial charge in [-0.15, -0.1) is 11.8 Å². The van der Waals surface area contributed by atoms with Crippen molar-refractivity contribution in [2.24, 2.45) is 4.99 Å². The molecule has 0 radical (unpaired) electrons. The zero-order valence-corrected chi connectivity index (χ0v) is 16.8. The van der Waals surface area contributed by atoms with E-state index in [2.05, 4.69) is 4.99 Å². The summed E-state index contributed by atoms with van der Waals surface area (Å²) in [6, 6.07) is 12.9. The summed E-state index contributed by atoms with van der Waals surface area (Å²) in [5.74, 6) is 0.288. The van der Waals surface area contributed by atoms with Crippen LogP contribution in [0.5, 0.6) is 0 Å². The lowest BCUT2D eigenvalue weighted by molar-refractivity contribution is -0.384. The van der Waals surface area contributed by atoms with E-state index in [1.807, 2.05) is 30.5 Å². The number of hydrogen-bond donors (Lipinski definition) is 0. The minimum absolute atomic E-state index is 0.0384. The van der Waals surface area contributed by atoms with Gasteiger partial charge in [0, 0.05) is 22.6 Å². The van der Waals surface area contributed by atoms with Gasteiger partial charge in [-0.05, 0) is 36.1 Å². The minimum atomic E-state index is -3.63. The Morgan fingerprint density at radius 1 is 1.18 bits per heavy atom. The van der Waals surface area contributed by atoms with Crippen LogP contribution in [0.1, 0.15) is 17.2 Å². The molecule has 8 nitrogen and oxygen atoms in total. The summed E-state index contributed by atoms with van der Waals surface area (Å²) >= 11 is 1.61. The summed E-state index contributed by atoms with van der Waals surface area (Å²) in [5.41, 5.74) is 1.36. The van der Waals surface area contributed by atoms with E-state index < -0.39 is 27.2 Å². The van der Waals surface area contributed by atoms with Crippen molar-refractivity contribution in [3.05, 3.63) is 69.8 Å². The van der Waals surface area contributed by atoms with Gasteiger partial charge in [0.1, 0.15) is 6.04 Å². The van der Waals surface area contributed by atoms with Crippen LogP contribution in [-0.2, 0) is 19.0 Å². The first-order chi connectivity index (χ1) is 13.3. The van der Waals surface area contributed by atoms with Gasteiger partial charge in [-0.3, -0.25) is 14.3 Å². The van der Waals surface area contributed by atoms with Gasteiger partial charge in [-0.1, -0.05) is 12.1 Å². The van der Waals surface area contributed by atoms with E-state index >= 15 is 0 Å². The summed E-state index contributed by atoms with van der Waals surface area (Å²) in [5, 5.41) is 10.8. The number of aliphatic imine (C=N–C) groups is 1. The molecule has 2 aromatic carbocycles. The second kappa shape index (κ2) is 8.29. The summed E-state index contributed by atoms with van der Waals surface area (Å²) in [7, 11) is -3.63. The molecule has 0 amide bonds. The van der Waals surface area contributed by atoms with Gasteiger partial charge in [0.15, 0.2) is 6.10 Å². The molecule has 148 valence electrons. The van der Waals surface area contributed by atoms with Crippen LogP contribution in [0.3, 0.4) is 0 Å². The van der Waals surface area contributed by atoms with Crippen LogP contribution in [0.2, 0.25) is 0 Å². The number of thioether (sulfide) groups is 1. The molecule has 0 fully saturated rings. The Balaban J connectivity index is 1.87. The number of non-ortho nitro benzene ring substituents is 1. The predicted molar refractivity (Wildman–Crippen MR) is 106 cm³/mol. The summed E-state index contributed by atoms with van der Waals surface area (Å²) in [6.45, 7) is -0.162. The standard InChI is InChI=1S/C18H18N2O6S2/c1-27-15-9-5-12(6-10-15)17-16(11-25-28(2,23)24)19-18(26-17)13-3-7-14(8-4-13)20(21)22/h3-10,16-17H,11H2,1-2H3. The van der Waals surface area contributed by atoms with Crippen molar-refractivity contribution in [1.29, 1.82) is 0 Å². The highest BCUT2D eigenvalue weighted by atomic mass is 32.2. The summed E-state index contributed by atoms with van der Waals surface area (Å²) in [6.07, 6.45) is 2.42. The maximum absolute atomic E-state index is 11.4. The fourth-order valence-electron chi connectivity index (χ4n) is 2.72. The molecule has 0 N–H and O–H groups in total. The Bertz CT molecular complexity index is 988. The molecule has 0 saturated carbocycles. The third kappa shape index (κ3) is 4.89. The number of nitro benzene ring substituents is 1. The Kier molecular flexibility index (Phi) is 6.01. The molecule has 1 aliphatic rings. The maximum Gasteiger partial charge on any atom is 0.269 e. The van der Waals surface area contributed by atoms with Gasteiger partial charge in [-0.25, -0.2) is 4.99 Å². The molecule has 1 heterocycles. The molecule has 2 unspecified atom stereocenters. The van der Waals surface area contributed by atoms with Crippen LogP contribution in [0, 0.1) is 10.1 Å². The SMILES string of the molecule is CSc1ccc(C2OC(c3ccc([N+](=O)[O-])cc3)=NC2COS(C)(=O)=O)cc1. The largest absolute Gasteiger partial charge is 0.467 e. The molecule has 0 bridgehead atoms. The van der Waals surface area contributed by atoms with E-state index in [0.717, 1.165) is 16.7 Å². The molecule has 2 aromatic rings. The first-order valence-corrected chi connectivity index (χ1v) is 11.3. The molecule has 1 aliphatic heterocycles. The number of nitrogens with zero attached hydrogens (tertiary/aromatic N) is 2. The van der Waals surface area contributed by atoms with E-state index in [0.29, 0.717) is 5.56 Å². The van der Waals surface area contributed by atoms with Crippen molar-refractivity contribution < 1.29 is 22.3 Å². The van der Waals surface area contributed by atoms with E-state index in [-0.39, 0.29) is 18.2 Å². The number of nitro groups is 1. The van der Waals surface area contributed by atoms with E-state index in [1.165, 1.54) is 12.1 Å². The smallest absolute Gasteiger partial charge is 0.269 e. The van der Waals surface area contributed by atoms with Gasteiger partial charge in [0.25, 0.3) is 15.8 Å². The molecule has 10 heteroatoms. The minimum Gasteiger partial charge on any atom is -0.467 e. The second-order valence-corrected chi connectivity index (χ2v) is 8.63. The van der Waals surface area contributed by atoms with Crippen LogP contribution < -0.4 is 0 Å². The van der Waals surface area contributed by atoms with Crippen molar-refractivity contribution in [2.75, 3.05) is 19.1 Å². The van der Waals surface area contributed by atoms with Crippen LogP contribution in [-0.4, -0.2) is 44.4 Å². The number of rotatable bonds is 7. The van der Waals surface area contributed by atoms with Gasteiger partial charge >= 0.3 is 0 Å². The van der Waals surface area contributed by atoms with Crippen molar-refractivity contribution in [2.45, 2.75) is 17.0 Å². The molecule has 0 aromatic heterocycles. The van der Waals surface area contributed by atoms with Crippen LogP contribution in [0.25, 0.3) is 0 Å². The quantitative estimate of drug-likeness (QED) is 0.292. The average Bonchev–Trinajstić information content (AvgIpc) is 3.10. The number of benzene rings is 2. The van der Waals surface area contributed by atoms with Crippen molar-refractivity contribution in [1.82, 2.24) is 0 Å². The number of ether oxygens (including phenoxy) is 1. The van der Waals surface area contributed by atoms with Gasteiger partial charge in [-0.2, -0.15) is 8.42 Å². The van der Waals surface area contributed by atoms with Crippen LogP contribution in [0.15, 0.2) is 58.4 Å². The van der Waals surface area contributed by atoms with Crippen molar-refractivity contribution in [3.8, 4) is 0 Å². The molecule has 2 atom stereocenters. The normalized spacial score (nSPS) is 19.1. The highest BCUT2D eigenvalue weighted by Crippen LogP contribution is 2.33. The summed E-state index contributed by atoms with van der Waals surface area (Å²) < 4.78 is 33.7. The highest BCUT2D eigenvalue weighted by molar-refractivity contribution is 7.98. The topological polar surface area (TPSA) is 108 Å². The van der Waals surface area contributed by atoms with Gasteiger partial charge < -0.3 is 4.74 Å². The predicted octanol–water partition coefficient (Wildman–Crippen LogP) is 3.18. The zero-order chi connectivity index (χ0) is 20.3. The van der Waals surface area contributed by atoms with E-state index in [9.17, 15) is 18.5 Å². The Morgan fingerprint density at radius 3 is 2.36 bits per heavy atom. The zero-order valence-electron chi connectivity index (χ0n) is 15.1. The van der Waals surface area contributed by atoms with Crippen LogP contribution in [0.4, 0.5) is 5.69 Å². The Morgan fingerprint density at radius 2 is 1.82 bits per heavy atom. The first kappa shape index (κ1) is 20.3. The molecule has 28 heavy (non-hydrogen) atoms. The van der Waals surface area contributed by atoms with Crippen molar-refractivity contribution >= 4 is 33.5 Å². The highest BCUT2D eigenvalue weighted by Gasteiger charge is 2.34. The molecular formula is C18H18N2O6S2. The maximum atomic E-state index is 11.4. The fraction of sp³-hybridized carbons (Fsp3) is 0.278. The average molecular weight is 422 g/mol. The lowest BCUT2D eigenvalue weighted by atomic mass is 10.0. The van der Waals surface area contributed by atoms with Gasteiger partial charge in [0.05, 0.1) is 17.8 Å². The lowest BCUT2D eigenvalue weighted by Gasteiger charge is -2.18. The third-order valence-corrected chi connectivity index (χ3v) is 5.40. The monoisotopic (exact) mass is 422 g/mol. The number of hydrogen-bond acceptors (Lipinski definition) is 8.